The molecule has 1 amide bonds. The summed E-state index contributed by atoms with van der Waals surface area (Å²) in [6, 6.07) is 13.6. The maximum atomic E-state index is 12.7. The Hall–Kier alpha value is -2.95. The number of pyridine rings is 1. The second kappa shape index (κ2) is 8.16. The lowest BCUT2D eigenvalue weighted by atomic mass is 9.93. The van der Waals surface area contributed by atoms with Gasteiger partial charge in [-0.15, -0.1) is 0 Å². The smallest absolute Gasteiger partial charge is 0.273 e. The molecule has 0 radical (unpaired) electrons. The zero-order valence-corrected chi connectivity index (χ0v) is 16.1. The van der Waals surface area contributed by atoms with Crippen LogP contribution in [0.15, 0.2) is 59.4 Å². The van der Waals surface area contributed by atoms with Crippen molar-refractivity contribution in [2.24, 2.45) is 5.92 Å². The van der Waals surface area contributed by atoms with Crippen molar-refractivity contribution in [2.45, 2.75) is 39.7 Å². The number of amides is 1. The van der Waals surface area contributed by atoms with E-state index in [2.05, 4.69) is 67.4 Å². The van der Waals surface area contributed by atoms with Crippen molar-refractivity contribution in [3.8, 4) is 11.3 Å². The fraction of sp³-hybridized carbons (Fsp3) is 0.318. The molecule has 1 aromatic carbocycles. The average Bonchev–Trinajstić information content (AvgIpc) is 3.17. The van der Waals surface area contributed by atoms with Crippen molar-refractivity contribution in [1.29, 1.82) is 0 Å². The third-order valence-electron chi connectivity index (χ3n) is 4.62. The highest BCUT2D eigenvalue weighted by atomic mass is 16.5. The monoisotopic (exact) mass is 363 g/mol. The van der Waals surface area contributed by atoms with Crippen LogP contribution >= 0.6 is 0 Å². The molecule has 0 aliphatic heterocycles. The lowest BCUT2D eigenvalue weighted by Gasteiger charge is -2.23. The second-order valence-electron chi connectivity index (χ2n) is 7.33. The highest BCUT2D eigenvalue weighted by Crippen LogP contribution is 2.25. The third-order valence-corrected chi connectivity index (χ3v) is 4.62. The lowest BCUT2D eigenvalue weighted by molar-refractivity contribution is 0.0916. The van der Waals surface area contributed by atoms with Crippen LogP contribution in [0, 0.1) is 5.92 Å². The first-order chi connectivity index (χ1) is 13.0. The molecule has 5 nitrogen and oxygen atoms in total. The van der Waals surface area contributed by atoms with E-state index in [9.17, 15) is 4.79 Å². The number of carbonyl (C=O) groups excluding carboxylic acids is 1. The highest BCUT2D eigenvalue weighted by molar-refractivity contribution is 5.93. The Bertz CT molecular complexity index is 883. The number of aromatic nitrogens is 2. The Balaban J connectivity index is 1.77. The first kappa shape index (κ1) is 18.8. The van der Waals surface area contributed by atoms with E-state index >= 15 is 0 Å². The summed E-state index contributed by atoms with van der Waals surface area (Å²) < 4.78 is 5.32. The van der Waals surface area contributed by atoms with Crippen LogP contribution in [0.25, 0.3) is 11.3 Å². The predicted octanol–water partition coefficient (Wildman–Crippen LogP) is 4.99. The van der Waals surface area contributed by atoms with Gasteiger partial charge in [0.05, 0.1) is 6.04 Å². The molecule has 140 valence electrons. The molecule has 0 aliphatic rings. The van der Waals surface area contributed by atoms with Gasteiger partial charge in [0, 0.05) is 24.0 Å². The Morgan fingerprint density at radius 3 is 2.19 bits per heavy atom. The fourth-order valence-corrected chi connectivity index (χ4v) is 2.97. The summed E-state index contributed by atoms with van der Waals surface area (Å²) in [5.41, 5.74) is 3.47. The molecular weight excluding hydrogens is 338 g/mol. The molecular formula is C22H25N3O2. The molecule has 5 heteroatoms. The zero-order chi connectivity index (χ0) is 19.4. The van der Waals surface area contributed by atoms with E-state index in [0.717, 1.165) is 11.1 Å². The van der Waals surface area contributed by atoms with Crippen LogP contribution in [0.3, 0.4) is 0 Å². The molecule has 2 aromatic heterocycles. The van der Waals surface area contributed by atoms with Crippen LogP contribution in [0.1, 0.15) is 61.3 Å². The van der Waals surface area contributed by atoms with Crippen molar-refractivity contribution in [3.05, 3.63) is 71.7 Å². The molecule has 27 heavy (non-hydrogen) atoms. The van der Waals surface area contributed by atoms with Gasteiger partial charge in [-0.2, -0.15) is 0 Å². The van der Waals surface area contributed by atoms with Crippen molar-refractivity contribution in [2.75, 3.05) is 0 Å². The molecule has 3 aromatic rings. The summed E-state index contributed by atoms with van der Waals surface area (Å²) in [7, 11) is 0. The minimum absolute atomic E-state index is 0.0974. The zero-order valence-electron chi connectivity index (χ0n) is 16.1. The van der Waals surface area contributed by atoms with Crippen LogP contribution < -0.4 is 5.32 Å². The van der Waals surface area contributed by atoms with Gasteiger partial charge < -0.3 is 9.84 Å². The summed E-state index contributed by atoms with van der Waals surface area (Å²) in [5, 5.41) is 7.02. The van der Waals surface area contributed by atoms with E-state index in [1.807, 2.05) is 12.1 Å². The molecule has 0 fully saturated rings. The Kier molecular flexibility index (Phi) is 5.69. The van der Waals surface area contributed by atoms with Crippen LogP contribution in [0.5, 0.6) is 0 Å². The number of benzene rings is 1. The Labute approximate surface area is 159 Å². The molecule has 0 saturated heterocycles. The SMILES string of the molecule is CC(C)c1ccc(C(NC(=O)c2cc(-c3ccncc3)on2)C(C)C)cc1. The maximum Gasteiger partial charge on any atom is 0.273 e. The van der Waals surface area contributed by atoms with Crippen molar-refractivity contribution < 1.29 is 9.32 Å². The fourth-order valence-electron chi connectivity index (χ4n) is 2.97. The quantitative estimate of drug-likeness (QED) is 0.670. The van der Waals surface area contributed by atoms with Gasteiger partial charge >= 0.3 is 0 Å². The molecule has 0 bridgehead atoms. The minimum atomic E-state index is -0.245. The van der Waals surface area contributed by atoms with Gasteiger partial charge in [0.2, 0.25) is 0 Å². The topological polar surface area (TPSA) is 68.0 Å². The lowest BCUT2D eigenvalue weighted by Crippen LogP contribution is -2.32. The summed E-state index contributed by atoms with van der Waals surface area (Å²) >= 11 is 0. The first-order valence-electron chi connectivity index (χ1n) is 9.23. The number of rotatable bonds is 6. The average molecular weight is 363 g/mol. The van der Waals surface area contributed by atoms with Crippen molar-refractivity contribution >= 4 is 5.91 Å². The first-order valence-corrected chi connectivity index (χ1v) is 9.23. The molecule has 2 heterocycles. The molecule has 3 rings (SSSR count). The van der Waals surface area contributed by atoms with Gasteiger partial charge in [-0.1, -0.05) is 57.1 Å². The number of carbonyl (C=O) groups is 1. The van der Waals surface area contributed by atoms with E-state index in [1.54, 1.807) is 18.5 Å². The standard InChI is InChI=1S/C22H25N3O2/c1-14(2)16-5-7-18(8-6-16)21(15(3)4)24-22(26)19-13-20(27-25-19)17-9-11-23-12-10-17/h5-15,21H,1-4H3,(H,24,26). The van der Waals surface area contributed by atoms with E-state index in [0.29, 0.717) is 11.7 Å². The molecule has 0 saturated carbocycles. The van der Waals surface area contributed by atoms with Crippen LogP contribution in [0.4, 0.5) is 0 Å². The number of nitrogens with one attached hydrogen (secondary N) is 1. The summed E-state index contributed by atoms with van der Waals surface area (Å²) in [6.45, 7) is 8.52. The van der Waals surface area contributed by atoms with Crippen LogP contribution in [0.2, 0.25) is 0 Å². The summed E-state index contributed by atoms with van der Waals surface area (Å²) in [5.74, 6) is 1.02. The number of hydrogen-bond acceptors (Lipinski definition) is 4. The third kappa shape index (κ3) is 4.42. The molecule has 1 atom stereocenters. The minimum Gasteiger partial charge on any atom is -0.355 e. The summed E-state index contributed by atoms with van der Waals surface area (Å²) in [4.78, 5) is 16.7. The van der Waals surface area contributed by atoms with E-state index in [1.165, 1.54) is 5.56 Å². The highest BCUT2D eigenvalue weighted by Gasteiger charge is 2.21. The van der Waals surface area contributed by atoms with Crippen molar-refractivity contribution in [3.63, 3.8) is 0 Å². The van der Waals surface area contributed by atoms with Gasteiger partial charge in [-0.25, -0.2) is 0 Å². The Morgan fingerprint density at radius 2 is 1.59 bits per heavy atom. The van der Waals surface area contributed by atoms with Gasteiger partial charge in [0.15, 0.2) is 11.5 Å². The maximum absolute atomic E-state index is 12.7. The van der Waals surface area contributed by atoms with E-state index < -0.39 is 0 Å². The van der Waals surface area contributed by atoms with Crippen LogP contribution in [-0.2, 0) is 0 Å². The molecule has 0 aliphatic carbocycles. The van der Waals surface area contributed by atoms with E-state index in [4.69, 9.17) is 4.52 Å². The number of nitrogens with zero attached hydrogens (tertiary/aromatic N) is 2. The number of hydrogen-bond donors (Lipinski definition) is 1. The van der Waals surface area contributed by atoms with E-state index in [-0.39, 0.29) is 23.6 Å². The van der Waals surface area contributed by atoms with Gasteiger partial charge in [-0.3, -0.25) is 9.78 Å². The van der Waals surface area contributed by atoms with Gasteiger partial charge in [0.25, 0.3) is 5.91 Å². The second-order valence-corrected chi connectivity index (χ2v) is 7.33. The molecule has 1 unspecified atom stereocenters. The predicted molar refractivity (Wildman–Crippen MR) is 105 cm³/mol. The Morgan fingerprint density at radius 1 is 0.963 bits per heavy atom. The molecule has 1 N–H and O–H groups in total. The van der Waals surface area contributed by atoms with Crippen LogP contribution in [-0.4, -0.2) is 16.0 Å². The normalized spacial score (nSPS) is 12.4. The largest absolute Gasteiger partial charge is 0.355 e. The van der Waals surface area contributed by atoms with Gasteiger partial charge in [-0.05, 0) is 35.1 Å². The van der Waals surface area contributed by atoms with Crippen molar-refractivity contribution in [1.82, 2.24) is 15.5 Å². The molecule has 0 spiro atoms. The summed E-state index contributed by atoms with van der Waals surface area (Å²) in [6.07, 6.45) is 3.35. The van der Waals surface area contributed by atoms with Gasteiger partial charge in [0.1, 0.15) is 0 Å².